The Bertz CT molecular complexity index is 1680. The number of hydrogen-bond donors (Lipinski definition) is 0. The number of allylic oxidation sites excluding steroid dienone is 22. The van der Waals surface area contributed by atoms with E-state index < -0.39 is 6.10 Å². The second-order valence-electron chi connectivity index (χ2n) is 21.3. The molecule has 0 spiro atoms. The van der Waals surface area contributed by atoms with E-state index in [1.54, 1.807) is 0 Å². The van der Waals surface area contributed by atoms with Crippen LogP contribution in [0.5, 0.6) is 0 Å². The van der Waals surface area contributed by atoms with E-state index in [4.69, 9.17) is 14.2 Å². The quantitative estimate of drug-likeness (QED) is 0.0261. The second kappa shape index (κ2) is 66.1. The molecule has 0 N–H and O–H groups in total. The third-order valence-corrected chi connectivity index (χ3v) is 13.7. The molecule has 0 radical (unpaired) electrons. The van der Waals surface area contributed by atoms with Crippen LogP contribution in [-0.4, -0.2) is 37.2 Å². The van der Waals surface area contributed by atoms with Crippen molar-refractivity contribution < 1.29 is 28.6 Å². The number of rotatable bonds is 58. The van der Waals surface area contributed by atoms with Crippen molar-refractivity contribution in [1.29, 1.82) is 0 Å². The minimum absolute atomic E-state index is 0.103. The summed E-state index contributed by atoms with van der Waals surface area (Å²) in [5.41, 5.74) is 0. The predicted molar refractivity (Wildman–Crippen MR) is 343 cm³/mol. The Morgan fingerprint density at radius 2 is 0.494 bits per heavy atom. The summed E-state index contributed by atoms with van der Waals surface area (Å²) in [4.78, 5) is 38.4. The summed E-state index contributed by atoms with van der Waals surface area (Å²) in [7, 11) is 0. The van der Waals surface area contributed by atoms with Gasteiger partial charge in [-0.25, -0.2) is 0 Å². The molecule has 0 aromatic heterocycles. The van der Waals surface area contributed by atoms with Crippen LogP contribution >= 0.6 is 0 Å². The predicted octanol–water partition coefficient (Wildman–Crippen LogP) is 22.5. The molecule has 0 saturated carbocycles. The van der Waals surface area contributed by atoms with Gasteiger partial charge in [-0.15, -0.1) is 0 Å². The summed E-state index contributed by atoms with van der Waals surface area (Å²) in [6.07, 6.45) is 93.1. The standard InChI is InChI=1S/C73H120O6/c1-4-7-10-13-16-19-22-25-28-31-33-34-35-36-37-38-40-42-45-48-51-54-57-60-63-66-72(75)78-69-70(68-77-71(74)65-62-59-56-53-50-47-44-41-30-27-24-21-18-15-12-9-6-3)79-73(76)67-64-61-58-55-52-49-46-43-39-32-29-26-23-20-17-14-11-8-5-2/h7,9-10,12,16,18-19,21,25,27-28,30,33-34,36-37,40,42,44,47-48,51,70H,4-6,8,11,13-15,17,20,22-24,26,29,31-32,35,38-39,41,43,45-46,49-50,52-69H2,1-3H3/b10-7-,12-9-,19-16-,21-18-,28-25-,30-27-,34-33-,37-36-,42-40-,47-44-,51-48-. The van der Waals surface area contributed by atoms with Gasteiger partial charge in [0.15, 0.2) is 6.10 Å². The van der Waals surface area contributed by atoms with Crippen molar-refractivity contribution in [2.45, 2.75) is 297 Å². The number of ether oxygens (including phenoxy) is 3. The molecule has 0 fully saturated rings. The number of esters is 3. The first-order chi connectivity index (χ1) is 39.0. The van der Waals surface area contributed by atoms with Crippen molar-refractivity contribution in [3.05, 3.63) is 134 Å². The Kier molecular flexibility index (Phi) is 62.3. The largest absolute Gasteiger partial charge is 0.462 e. The number of unbranched alkanes of at least 4 members (excludes halogenated alkanes) is 25. The highest BCUT2D eigenvalue weighted by molar-refractivity contribution is 5.71. The molecule has 6 nitrogen and oxygen atoms in total. The highest BCUT2D eigenvalue weighted by Gasteiger charge is 2.19. The third kappa shape index (κ3) is 64.3. The lowest BCUT2D eigenvalue weighted by molar-refractivity contribution is -0.167. The molecule has 0 aromatic carbocycles. The van der Waals surface area contributed by atoms with Crippen molar-refractivity contribution in [2.75, 3.05) is 13.2 Å². The van der Waals surface area contributed by atoms with E-state index in [1.165, 1.54) is 103 Å². The van der Waals surface area contributed by atoms with Gasteiger partial charge in [-0.05, 0) is 116 Å². The summed E-state index contributed by atoms with van der Waals surface area (Å²) >= 11 is 0. The Balaban J connectivity index is 4.48. The minimum Gasteiger partial charge on any atom is -0.462 e. The monoisotopic (exact) mass is 1090 g/mol. The molecular formula is C73H120O6. The third-order valence-electron chi connectivity index (χ3n) is 13.7. The van der Waals surface area contributed by atoms with Gasteiger partial charge in [0, 0.05) is 19.3 Å². The molecule has 1 atom stereocenters. The summed E-state index contributed by atoms with van der Waals surface area (Å²) in [5, 5.41) is 0. The van der Waals surface area contributed by atoms with Gasteiger partial charge in [-0.2, -0.15) is 0 Å². The summed E-state index contributed by atoms with van der Waals surface area (Å²) in [6, 6.07) is 0. The highest BCUT2D eigenvalue weighted by Crippen LogP contribution is 2.16. The zero-order chi connectivity index (χ0) is 57.1. The van der Waals surface area contributed by atoms with E-state index >= 15 is 0 Å². The van der Waals surface area contributed by atoms with Gasteiger partial charge in [0.2, 0.25) is 0 Å². The van der Waals surface area contributed by atoms with Crippen LogP contribution in [0.2, 0.25) is 0 Å². The first-order valence-corrected chi connectivity index (χ1v) is 32.7. The molecule has 79 heavy (non-hydrogen) atoms. The smallest absolute Gasteiger partial charge is 0.306 e. The lowest BCUT2D eigenvalue weighted by Gasteiger charge is -2.18. The average molecular weight is 1090 g/mol. The van der Waals surface area contributed by atoms with Crippen LogP contribution in [0, 0.1) is 0 Å². The number of carbonyl (C=O) groups is 3. The molecule has 0 aliphatic rings. The second-order valence-corrected chi connectivity index (χ2v) is 21.3. The lowest BCUT2D eigenvalue weighted by Crippen LogP contribution is -2.30. The van der Waals surface area contributed by atoms with Crippen LogP contribution in [0.4, 0.5) is 0 Å². The zero-order valence-corrected chi connectivity index (χ0v) is 51.3. The van der Waals surface area contributed by atoms with E-state index in [0.717, 1.165) is 148 Å². The Hall–Kier alpha value is -4.45. The maximum Gasteiger partial charge on any atom is 0.306 e. The van der Waals surface area contributed by atoms with Gasteiger partial charge in [-0.1, -0.05) is 289 Å². The number of carbonyl (C=O) groups excluding carboxylic acids is 3. The van der Waals surface area contributed by atoms with Gasteiger partial charge in [0.25, 0.3) is 0 Å². The van der Waals surface area contributed by atoms with Crippen LogP contribution in [-0.2, 0) is 28.6 Å². The van der Waals surface area contributed by atoms with E-state index in [0.29, 0.717) is 19.3 Å². The molecule has 6 heteroatoms. The van der Waals surface area contributed by atoms with Crippen molar-refractivity contribution in [2.24, 2.45) is 0 Å². The summed E-state index contributed by atoms with van der Waals surface area (Å²) < 4.78 is 16.9. The lowest BCUT2D eigenvalue weighted by atomic mass is 10.0. The van der Waals surface area contributed by atoms with Crippen LogP contribution in [0.3, 0.4) is 0 Å². The number of hydrogen-bond acceptors (Lipinski definition) is 6. The van der Waals surface area contributed by atoms with Crippen LogP contribution in [0.1, 0.15) is 290 Å². The van der Waals surface area contributed by atoms with Crippen LogP contribution in [0.25, 0.3) is 0 Å². The minimum atomic E-state index is -0.807. The van der Waals surface area contributed by atoms with E-state index in [2.05, 4.69) is 154 Å². The van der Waals surface area contributed by atoms with Crippen LogP contribution in [0.15, 0.2) is 134 Å². The van der Waals surface area contributed by atoms with E-state index in [-0.39, 0.29) is 31.1 Å². The molecule has 0 bridgehead atoms. The zero-order valence-electron chi connectivity index (χ0n) is 51.3. The Labute approximate surface area is 487 Å². The Morgan fingerprint density at radius 1 is 0.266 bits per heavy atom. The van der Waals surface area contributed by atoms with Gasteiger partial charge in [0.1, 0.15) is 13.2 Å². The van der Waals surface area contributed by atoms with Gasteiger partial charge >= 0.3 is 17.9 Å². The maximum absolute atomic E-state index is 12.9. The summed E-state index contributed by atoms with van der Waals surface area (Å²) in [6.45, 7) is 6.39. The maximum atomic E-state index is 12.9. The SMILES string of the molecule is CC/C=C\C/C=C\C/C=C\C/C=C\C/C=C\C/C=C\C/C=C\CCCCCC(=O)OCC(COC(=O)CCCCCC/C=C\C/C=C\C/C=C\C/C=C\CC)OC(=O)CCCCCCCCCCCCCCCCCCCCC. The van der Waals surface area contributed by atoms with Crippen LogP contribution < -0.4 is 0 Å². The molecule has 0 aromatic rings. The average Bonchev–Trinajstić information content (AvgIpc) is 3.45. The fourth-order valence-corrected chi connectivity index (χ4v) is 8.83. The van der Waals surface area contributed by atoms with Gasteiger partial charge in [0.05, 0.1) is 0 Å². The van der Waals surface area contributed by atoms with Gasteiger partial charge in [-0.3, -0.25) is 14.4 Å². The first kappa shape index (κ1) is 74.5. The van der Waals surface area contributed by atoms with Crippen molar-refractivity contribution in [3.63, 3.8) is 0 Å². The molecule has 1 unspecified atom stereocenters. The van der Waals surface area contributed by atoms with Crippen molar-refractivity contribution >= 4 is 17.9 Å². The van der Waals surface area contributed by atoms with E-state index in [9.17, 15) is 14.4 Å². The fourth-order valence-electron chi connectivity index (χ4n) is 8.83. The molecular weight excluding hydrogens is 973 g/mol. The Morgan fingerprint density at radius 3 is 0.785 bits per heavy atom. The van der Waals surface area contributed by atoms with Gasteiger partial charge < -0.3 is 14.2 Å². The molecule has 0 amide bonds. The normalized spacial score (nSPS) is 13.0. The molecule has 0 aliphatic heterocycles. The first-order valence-electron chi connectivity index (χ1n) is 32.7. The van der Waals surface area contributed by atoms with Crippen molar-refractivity contribution in [1.82, 2.24) is 0 Å². The molecule has 0 aliphatic carbocycles. The molecule has 0 heterocycles. The van der Waals surface area contributed by atoms with E-state index in [1.807, 2.05) is 0 Å². The molecule has 0 rings (SSSR count). The fraction of sp³-hybridized carbons (Fsp3) is 0.658. The highest BCUT2D eigenvalue weighted by atomic mass is 16.6. The van der Waals surface area contributed by atoms with Crippen molar-refractivity contribution in [3.8, 4) is 0 Å². The topological polar surface area (TPSA) is 78.9 Å². The molecule has 0 saturated heterocycles. The molecule has 448 valence electrons. The summed E-state index contributed by atoms with van der Waals surface area (Å²) in [5.74, 6) is -0.951.